The van der Waals surface area contributed by atoms with E-state index in [1.807, 2.05) is 20.8 Å². The molecule has 0 unspecified atom stereocenters. The maximum atomic E-state index is 11.5. The average molecular weight is 299 g/mol. The third-order valence-electron chi connectivity index (χ3n) is 2.48. The summed E-state index contributed by atoms with van der Waals surface area (Å²) in [5, 5.41) is 11.9. The van der Waals surface area contributed by atoms with E-state index in [0.717, 1.165) is 17.7 Å². The summed E-state index contributed by atoms with van der Waals surface area (Å²) < 4.78 is 5.45. The van der Waals surface area contributed by atoms with Crippen molar-refractivity contribution in [3.63, 3.8) is 0 Å². The number of carbonyl (C=O) groups is 2. The SMILES string of the molecule is CCCc1cc(OCCC(=O)NC(C)C)c(C(=O)O)s1. The van der Waals surface area contributed by atoms with Gasteiger partial charge in [-0.3, -0.25) is 4.79 Å². The monoisotopic (exact) mass is 299 g/mol. The van der Waals surface area contributed by atoms with Crippen LogP contribution >= 0.6 is 11.3 Å². The summed E-state index contributed by atoms with van der Waals surface area (Å²) in [6, 6.07) is 1.85. The number of rotatable bonds is 8. The summed E-state index contributed by atoms with van der Waals surface area (Å²) in [5.41, 5.74) is 0. The van der Waals surface area contributed by atoms with Gasteiger partial charge in [-0.25, -0.2) is 4.79 Å². The minimum atomic E-state index is -0.987. The van der Waals surface area contributed by atoms with Crippen molar-refractivity contribution in [3.8, 4) is 5.75 Å². The lowest BCUT2D eigenvalue weighted by atomic mass is 10.3. The number of nitrogens with one attached hydrogen (secondary N) is 1. The number of carboxylic acid groups (broad SMARTS) is 1. The van der Waals surface area contributed by atoms with Gasteiger partial charge in [0, 0.05) is 10.9 Å². The largest absolute Gasteiger partial charge is 0.491 e. The number of hydrogen-bond donors (Lipinski definition) is 2. The zero-order valence-corrected chi connectivity index (χ0v) is 12.9. The summed E-state index contributed by atoms with van der Waals surface area (Å²) >= 11 is 1.24. The lowest BCUT2D eigenvalue weighted by Crippen LogP contribution is -2.31. The van der Waals surface area contributed by atoms with Crippen molar-refractivity contribution in [1.82, 2.24) is 5.32 Å². The number of thiophene rings is 1. The molecule has 0 spiro atoms. The molecule has 20 heavy (non-hydrogen) atoms. The van der Waals surface area contributed by atoms with Gasteiger partial charge in [0.25, 0.3) is 0 Å². The molecule has 1 heterocycles. The van der Waals surface area contributed by atoms with Crippen LogP contribution in [-0.2, 0) is 11.2 Å². The van der Waals surface area contributed by atoms with E-state index in [9.17, 15) is 9.59 Å². The number of ether oxygens (including phenoxy) is 1. The van der Waals surface area contributed by atoms with Crippen LogP contribution in [0.5, 0.6) is 5.75 Å². The molecule has 6 heteroatoms. The minimum absolute atomic E-state index is 0.0920. The number of carbonyl (C=O) groups excluding carboxylic acids is 1. The normalized spacial score (nSPS) is 10.6. The second-order valence-corrected chi connectivity index (χ2v) is 5.92. The summed E-state index contributed by atoms with van der Waals surface area (Å²) in [7, 11) is 0. The Balaban J connectivity index is 2.58. The van der Waals surface area contributed by atoms with Crippen LogP contribution in [0.25, 0.3) is 0 Å². The Morgan fingerprint density at radius 1 is 1.45 bits per heavy atom. The van der Waals surface area contributed by atoms with Crippen LogP contribution in [0.3, 0.4) is 0 Å². The van der Waals surface area contributed by atoms with Crippen LogP contribution in [0.1, 0.15) is 48.2 Å². The van der Waals surface area contributed by atoms with Gasteiger partial charge in [-0.2, -0.15) is 0 Å². The first-order chi connectivity index (χ1) is 9.43. The minimum Gasteiger partial charge on any atom is -0.491 e. The van der Waals surface area contributed by atoms with E-state index in [-0.39, 0.29) is 29.9 Å². The molecule has 5 nitrogen and oxygen atoms in total. The van der Waals surface area contributed by atoms with Crippen LogP contribution in [0, 0.1) is 0 Å². The van der Waals surface area contributed by atoms with Crippen LogP contribution in [-0.4, -0.2) is 29.6 Å². The maximum absolute atomic E-state index is 11.5. The Kier molecular flexibility index (Phi) is 6.51. The van der Waals surface area contributed by atoms with E-state index in [4.69, 9.17) is 9.84 Å². The highest BCUT2D eigenvalue weighted by Crippen LogP contribution is 2.30. The van der Waals surface area contributed by atoms with Gasteiger partial charge < -0.3 is 15.2 Å². The first-order valence-electron chi connectivity index (χ1n) is 6.72. The average Bonchev–Trinajstić information content (AvgIpc) is 2.72. The molecule has 0 aliphatic heterocycles. The highest BCUT2D eigenvalue weighted by atomic mass is 32.1. The van der Waals surface area contributed by atoms with Gasteiger partial charge in [0.05, 0.1) is 13.0 Å². The van der Waals surface area contributed by atoms with Gasteiger partial charge >= 0.3 is 5.97 Å². The van der Waals surface area contributed by atoms with E-state index >= 15 is 0 Å². The quantitative estimate of drug-likeness (QED) is 0.774. The molecule has 112 valence electrons. The van der Waals surface area contributed by atoms with Crippen molar-refractivity contribution < 1.29 is 19.4 Å². The van der Waals surface area contributed by atoms with Crippen molar-refractivity contribution >= 4 is 23.2 Å². The number of amides is 1. The van der Waals surface area contributed by atoms with Gasteiger partial charge in [-0.15, -0.1) is 11.3 Å². The molecule has 0 saturated carbocycles. The van der Waals surface area contributed by atoms with Crippen molar-refractivity contribution in [3.05, 3.63) is 15.8 Å². The number of hydrogen-bond acceptors (Lipinski definition) is 4. The second kappa shape index (κ2) is 7.89. The van der Waals surface area contributed by atoms with Gasteiger partial charge in [-0.1, -0.05) is 13.3 Å². The van der Waals surface area contributed by atoms with Crippen LogP contribution in [0.15, 0.2) is 6.07 Å². The molecular formula is C14H21NO4S. The molecule has 2 N–H and O–H groups in total. The lowest BCUT2D eigenvalue weighted by Gasteiger charge is -2.09. The maximum Gasteiger partial charge on any atom is 0.349 e. The van der Waals surface area contributed by atoms with E-state index in [1.54, 1.807) is 6.07 Å². The van der Waals surface area contributed by atoms with Gasteiger partial charge in [0.1, 0.15) is 5.75 Å². The number of carboxylic acids is 1. The molecule has 0 fully saturated rings. The Labute approximate surface area is 123 Å². The highest BCUT2D eigenvalue weighted by molar-refractivity contribution is 7.14. The van der Waals surface area contributed by atoms with Gasteiger partial charge in [-0.05, 0) is 26.3 Å². The van der Waals surface area contributed by atoms with E-state index < -0.39 is 5.97 Å². The molecule has 1 rings (SSSR count). The predicted octanol–water partition coefficient (Wildman–Crippen LogP) is 2.69. The summed E-state index contributed by atoms with van der Waals surface area (Å²) in [4.78, 5) is 23.8. The zero-order valence-electron chi connectivity index (χ0n) is 12.1. The van der Waals surface area contributed by atoms with Crippen molar-refractivity contribution in [1.29, 1.82) is 0 Å². The van der Waals surface area contributed by atoms with Gasteiger partial charge in [0.15, 0.2) is 4.88 Å². The summed E-state index contributed by atoms with van der Waals surface area (Å²) in [6.45, 7) is 5.99. The third kappa shape index (κ3) is 5.21. The van der Waals surface area contributed by atoms with E-state index in [2.05, 4.69) is 5.32 Å². The summed E-state index contributed by atoms with van der Waals surface area (Å²) in [6.07, 6.45) is 2.01. The molecule has 1 aromatic heterocycles. The molecule has 0 saturated heterocycles. The molecular weight excluding hydrogens is 278 g/mol. The van der Waals surface area contributed by atoms with Crippen LogP contribution in [0.4, 0.5) is 0 Å². The molecule has 0 aliphatic rings. The van der Waals surface area contributed by atoms with E-state index in [1.165, 1.54) is 11.3 Å². The first kappa shape index (κ1) is 16.5. The Morgan fingerprint density at radius 3 is 2.70 bits per heavy atom. The Morgan fingerprint density at radius 2 is 2.15 bits per heavy atom. The number of aromatic carboxylic acids is 1. The van der Waals surface area contributed by atoms with E-state index in [0.29, 0.717) is 5.75 Å². The fraction of sp³-hybridized carbons (Fsp3) is 0.571. The molecule has 1 amide bonds. The highest BCUT2D eigenvalue weighted by Gasteiger charge is 2.16. The summed E-state index contributed by atoms with van der Waals surface area (Å²) in [5.74, 6) is -0.719. The smallest absolute Gasteiger partial charge is 0.349 e. The third-order valence-corrected chi connectivity index (χ3v) is 3.64. The Bertz CT molecular complexity index is 468. The van der Waals surface area contributed by atoms with Crippen molar-refractivity contribution in [2.24, 2.45) is 0 Å². The molecule has 0 aliphatic carbocycles. The fourth-order valence-corrected chi connectivity index (χ4v) is 2.74. The molecule has 0 bridgehead atoms. The van der Waals surface area contributed by atoms with Crippen molar-refractivity contribution in [2.75, 3.05) is 6.61 Å². The molecule has 0 radical (unpaired) electrons. The zero-order chi connectivity index (χ0) is 15.1. The van der Waals surface area contributed by atoms with Crippen LogP contribution in [0.2, 0.25) is 0 Å². The standard InChI is InChI=1S/C14H21NO4S/c1-4-5-10-8-11(13(20-10)14(17)18)19-7-6-12(16)15-9(2)3/h8-9H,4-7H2,1-3H3,(H,15,16)(H,17,18). The number of aryl methyl sites for hydroxylation is 1. The predicted molar refractivity (Wildman–Crippen MR) is 78.7 cm³/mol. The second-order valence-electron chi connectivity index (χ2n) is 4.78. The molecule has 1 aromatic rings. The Hall–Kier alpha value is -1.56. The van der Waals surface area contributed by atoms with Crippen LogP contribution < -0.4 is 10.1 Å². The lowest BCUT2D eigenvalue weighted by molar-refractivity contribution is -0.122. The first-order valence-corrected chi connectivity index (χ1v) is 7.53. The van der Waals surface area contributed by atoms with Crippen molar-refractivity contribution in [2.45, 2.75) is 46.1 Å². The topological polar surface area (TPSA) is 75.6 Å². The molecule has 0 atom stereocenters. The molecule has 0 aromatic carbocycles. The van der Waals surface area contributed by atoms with Gasteiger partial charge in [0.2, 0.25) is 5.91 Å². The fourth-order valence-electron chi connectivity index (χ4n) is 1.70.